The maximum Gasteiger partial charge on any atom is 0.344 e. The number of carbonyl (C=O) groups excluding carboxylic acids is 2. The summed E-state index contributed by atoms with van der Waals surface area (Å²) in [6.45, 7) is 3.13. The molecule has 26 heavy (non-hydrogen) atoms. The number of para-hydroxylation sites is 1. The van der Waals surface area contributed by atoms with Crippen LogP contribution in [0, 0.1) is 5.82 Å². The average molecular weight is 358 g/mol. The Bertz CT molecular complexity index is 844. The molecule has 0 saturated heterocycles. The molecule has 0 spiro atoms. The summed E-state index contributed by atoms with van der Waals surface area (Å²) in [7, 11) is 0. The monoisotopic (exact) mass is 358 g/mol. The fraction of sp³-hybridized carbons (Fsp3) is 0.300. The van der Waals surface area contributed by atoms with Crippen molar-refractivity contribution in [2.45, 2.75) is 25.9 Å². The summed E-state index contributed by atoms with van der Waals surface area (Å²) in [5.74, 6) is -0.609. The lowest BCUT2D eigenvalue weighted by Crippen LogP contribution is -2.25. The second kappa shape index (κ2) is 7.15. The SMILES string of the molecule is CC1(C)Cc2cccc(OCC(=O)OCC(=O)c3cccc(F)c3)c2O1. The van der Waals surface area contributed by atoms with Crippen LogP contribution in [0.4, 0.5) is 4.39 Å². The molecule has 2 aromatic rings. The molecule has 0 aliphatic carbocycles. The molecule has 6 heteroatoms. The summed E-state index contributed by atoms with van der Waals surface area (Å²) < 4.78 is 29.4. The van der Waals surface area contributed by atoms with Gasteiger partial charge in [0.2, 0.25) is 0 Å². The number of ether oxygens (including phenoxy) is 3. The number of halogens is 1. The zero-order valence-electron chi connectivity index (χ0n) is 14.6. The highest BCUT2D eigenvalue weighted by molar-refractivity contribution is 5.97. The molecule has 5 nitrogen and oxygen atoms in total. The maximum absolute atomic E-state index is 13.1. The Morgan fingerprint density at radius 1 is 1.15 bits per heavy atom. The zero-order valence-corrected chi connectivity index (χ0v) is 14.6. The van der Waals surface area contributed by atoms with Crippen molar-refractivity contribution in [1.82, 2.24) is 0 Å². The van der Waals surface area contributed by atoms with Crippen molar-refractivity contribution in [2.24, 2.45) is 0 Å². The highest BCUT2D eigenvalue weighted by atomic mass is 19.1. The molecular weight excluding hydrogens is 339 g/mol. The van der Waals surface area contributed by atoms with Crippen LogP contribution in [-0.2, 0) is 16.0 Å². The van der Waals surface area contributed by atoms with E-state index in [9.17, 15) is 14.0 Å². The second-order valence-electron chi connectivity index (χ2n) is 6.67. The summed E-state index contributed by atoms with van der Waals surface area (Å²) in [6.07, 6.45) is 0.756. The number of ketones is 1. The molecule has 0 radical (unpaired) electrons. The van der Waals surface area contributed by atoms with Gasteiger partial charge in [0.1, 0.15) is 11.4 Å². The van der Waals surface area contributed by atoms with Gasteiger partial charge in [0.15, 0.2) is 30.5 Å². The van der Waals surface area contributed by atoms with E-state index in [1.165, 1.54) is 18.2 Å². The minimum Gasteiger partial charge on any atom is -0.483 e. The summed E-state index contributed by atoms with van der Waals surface area (Å²) in [5, 5.41) is 0. The van der Waals surface area contributed by atoms with Crippen molar-refractivity contribution < 1.29 is 28.2 Å². The minimum absolute atomic E-state index is 0.148. The molecule has 1 heterocycles. The van der Waals surface area contributed by atoms with Crippen LogP contribution in [0.1, 0.15) is 29.8 Å². The lowest BCUT2D eigenvalue weighted by Gasteiger charge is -2.18. The molecule has 1 aliphatic heterocycles. The van der Waals surface area contributed by atoms with Crippen molar-refractivity contribution in [3.63, 3.8) is 0 Å². The fourth-order valence-corrected chi connectivity index (χ4v) is 2.77. The predicted octanol–water partition coefficient (Wildman–Crippen LogP) is 3.34. The molecule has 1 aliphatic rings. The van der Waals surface area contributed by atoms with Crippen LogP contribution in [0.2, 0.25) is 0 Å². The number of carbonyl (C=O) groups is 2. The first-order valence-electron chi connectivity index (χ1n) is 8.22. The van der Waals surface area contributed by atoms with E-state index >= 15 is 0 Å². The number of esters is 1. The Morgan fingerprint density at radius 3 is 2.69 bits per heavy atom. The van der Waals surface area contributed by atoms with Crippen molar-refractivity contribution in [3.05, 3.63) is 59.4 Å². The first kappa shape index (κ1) is 17.9. The molecule has 0 amide bonds. The van der Waals surface area contributed by atoms with E-state index in [1.54, 1.807) is 6.07 Å². The minimum atomic E-state index is -0.690. The fourth-order valence-electron chi connectivity index (χ4n) is 2.77. The smallest absolute Gasteiger partial charge is 0.344 e. The molecule has 136 valence electrons. The average Bonchev–Trinajstić information content (AvgIpc) is 2.92. The quantitative estimate of drug-likeness (QED) is 0.585. The largest absolute Gasteiger partial charge is 0.483 e. The van der Waals surface area contributed by atoms with Crippen LogP contribution in [0.25, 0.3) is 0 Å². The van der Waals surface area contributed by atoms with Crippen LogP contribution < -0.4 is 9.47 Å². The Labute approximate surface area is 150 Å². The topological polar surface area (TPSA) is 61.8 Å². The predicted molar refractivity (Wildman–Crippen MR) is 92.0 cm³/mol. The highest BCUT2D eigenvalue weighted by Crippen LogP contribution is 2.41. The first-order valence-corrected chi connectivity index (χ1v) is 8.22. The third kappa shape index (κ3) is 4.20. The molecule has 0 saturated carbocycles. The first-order chi connectivity index (χ1) is 12.3. The van der Waals surface area contributed by atoms with Gasteiger partial charge in [-0.1, -0.05) is 24.3 Å². The van der Waals surface area contributed by atoms with Crippen LogP contribution in [0.3, 0.4) is 0 Å². The Kier molecular flexibility index (Phi) is 4.93. The van der Waals surface area contributed by atoms with Gasteiger partial charge in [-0.05, 0) is 32.0 Å². The van der Waals surface area contributed by atoms with Gasteiger partial charge in [0.05, 0.1) is 0 Å². The van der Waals surface area contributed by atoms with Crippen molar-refractivity contribution in [3.8, 4) is 11.5 Å². The standard InChI is InChI=1S/C20H19FO5/c1-20(2)10-14-6-4-8-17(19(14)26-20)24-12-18(23)25-11-16(22)13-5-3-7-15(21)9-13/h3-9H,10-12H2,1-2H3. The van der Waals surface area contributed by atoms with Gasteiger partial charge in [-0.2, -0.15) is 0 Å². The number of hydrogen-bond donors (Lipinski definition) is 0. The third-order valence-corrected chi connectivity index (χ3v) is 3.91. The maximum atomic E-state index is 13.1. The number of hydrogen-bond acceptors (Lipinski definition) is 5. The van der Waals surface area contributed by atoms with E-state index in [0.29, 0.717) is 11.5 Å². The number of rotatable bonds is 6. The van der Waals surface area contributed by atoms with E-state index in [-0.39, 0.29) is 17.8 Å². The van der Waals surface area contributed by atoms with E-state index in [2.05, 4.69) is 0 Å². The van der Waals surface area contributed by atoms with Crippen LogP contribution >= 0.6 is 0 Å². The van der Waals surface area contributed by atoms with Gasteiger partial charge in [-0.3, -0.25) is 4.79 Å². The van der Waals surface area contributed by atoms with E-state index in [0.717, 1.165) is 18.1 Å². The lowest BCUT2D eigenvalue weighted by atomic mass is 10.0. The van der Waals surface area contributed by atoms with Gasteiger partial charge < -0.3 is 14.2 Å². The second-order valence-corrected chi connectivity index (χ2v) is 6.67. The van der Waals surface area contributed by atoms with E-state index in [4.69, 9.17) is 14.2 Å². The van der Waals surface area contributed by atoms with Crippen molar-refractivity contribution in [1.29, 1.82) is 0 Å². The number of benzene rings is 2. The van der Waals surface area contributed by atoms with E-state index < -0.39 is 24.2 Å². The molecule has 3 rings (SSSR count). The molecule has 0 atom stereocenters. The van der Waals surface area contributed by atoms with Crippen LogP contribution in [0.15, 0.2) is 42.5 Å². The summed E-state index contributed by atoms with van der Waals surface area (Å²) >= 11 is 0. The van der Waals surface area contributed by atoms with E-state index in [1.807, 2.05) is 26.0 Å². The van der Waals surface area contributed by atoms with Crippen LogP contribution in [0.5, 0.6) is 11.5 Å². The van der Waals surface area contributed by atoms with Gasteiger partial charge in [0.25, 0.3) is 0 Å². The van der Waals surface area contributed by atoms with Crippen molar-refractivity contribution in [2.75, 3.05) is 13.2 Å². The number of Topliss-reactive ketones (excluding diaryl/α,β-unsaturated/α-hetero) is 1. The summed E-state index contributed by atoms with van der Waals surface area (Å²) in [4.78, 5) is 23.7. The summed E-state index contributed by atoms with van der Waals surface area (Å²) in [6, 6.07) is 10.7. The third-order valence-electron chi connectivity index (χ3n) is 3.91. The Morgan fingerprint density at radius 2 is 1.92 bits per heavy atom. The molecule has 0 N–H and O–H groups in total. The molecular formula is C20H19FO5. The van der Waals surface area contributed by atoms with Gasteiger partial charge >= 0.3 is 5.97 Å². The molecule has 0 bridgehead atoms. The molecule has 0 unspecified atom stereocenters. The van der Waals surface area contributed by atoms with Crippen LogP contribution in [-0.4, -0.2) is 30.6 Å². The molecule has 0 fully saturated rings. The van der Waals surface area contributed by atoms with Crippen molar-refractivity contribution >= 4 is 11.8 Å². The van der Waals surface area contributed by atoms with Gasteiger partial charge in [0, 0.05) is 17.5 Å². The Balaban J connectivity index is 1.53. The zero-order chi connectivity index (χ0) is 18.7. The molecule has 0 aromatic heterocycles. The lowest BCUT2D eigenvalue weighted by molar-refractivity contribution is -0.144. The van der Waals surface area contributed by atoms with Gasteiger partial charge in [-0.25, -0.2) is 9.18 Å². The van der Waals surface area contributed by atoms with Gasteiger partial charge in [-0.15, -0.1) is 0 Å². The number of fused-ring (bicyclic) bond motifs is 1. The molecule has 2 aromatic carbocycles. The summed E-state index contributed by atoms with van der Waals surface area (Å²) in [5.41, 5.74) is 0.844. The normalized spacial score (nSPS) is 14.3. The Hall–Kier alpha value is -2.89. The highest BCUT2D eigenvalue weighted by Gasteiger charge is 2.32.